The second-order valence-electron chi connectivity index (χ2n) is 6.85. The van der Waals surface area contributed by atoms with Crippen LogP contribution in [0.15, 0.2) is 17.1 Å². The average Bonchev–Trinajstić information content (AvgIpc) is 3.05. The first kappa shape index (κ1) is 17.1. The predicted octanol–water partition coefficient (Wildman–Crippen LogP) is 0.838. The number of anilines is 1. The van der Waals surface area contributed by atoms with E-state index in [-0.39, 0.29) is 5.82 Å². The second-order valence-corrected chi connectivity index (χ2v) is 6.85. The normalized spacial score (nSPS) is 25.3. The van der Waals surface area contributed by atoms with E-state index in [2.05, 4.69) is 19.9 Å². The number of hydrogen-bond donors (Lipinski definition) is 2. The molecule has 0 aliphatic carbocycles. The molecule has 2 atom stereocenters. The Kier molecular flexibility index (Phi) is 4.03. The van der Waals surface area contributed by atoms with Gasteiger partial charge in [0.1, 0.15) is 11.6 Å². The summed E-state index contributed by atoms with van der Waals surface area (Å²) in [6.45, 7) is 3.59. The number of halogens is 2. The number of hydrogen-bond acceptors (Lipinski definition) is 6. The lowest BCUT2D eigenvalue weighted by molar-refractivity contribution is -0.119. The Labute approximate surface area is 148 Å². The SMILES string of the molecule is Cc1nc2c([nH]1)CCN(CC1CC(F)(F)[C@H](n3ccc(N)nc3=O)O1)C2. The van der Waals surface area contributed by atoms with Gasteiger partial charge in [0.25, 0.3) is 5.92 Å². The van der Waals surface area contributed by atoms with Gasteiger partial charge in [-0.05, 0) is 13.0 Å². The molecule has 2 aliphatic heterocycles. The van der Waals surface area contributed by atoms with Crippen molar-refractivity contribution >= 4 is 5.82 Å². The first-order valence-corrected chi connectivity index (χ1v) is 8.46. The maximum atomic E-state index is 14.4. The Hall–Kier alpha value is -2.33. The fourth-order valence-electron chi connectivity index (χ4n) is 3.65. The number of imidazole rings is 1. The summed E-state index contributed by atoms with van der Waals surface area (Å²) in [5.41, 5.74) is 6.63. The Morgan fingerprint density at radius 2 is 2.27 bits per heavy atom. The summed E-state index contributed by atoms with van der Waals surface area (Å²) in [6, 6.07) is 1.31. The minimum Gasteiger partial charge on any atom is -0.383 e. The molecule has 0 saturated carbocycles. The number of H-pyrrole nitrogens is 1. The van der Waals surface area contributed by atoms with Crippen LogP contribution in [-0.2, 0) is 17.7 Å². The summed E-state index contributed by atoms with van der Waals surface area (Å²) in [5.74, 6) is -2.31. The fraction of sp³-hybridized carbons (Fsp3) is 0.562. The zero-order valence-corrected chi connectivity index (χ0v) is 14.3. The van der Waals surface area contributed by atoms with E-state index in [1.807, 2.05) is 6.92 Å². The number of aromatic amines is 1. The van der Waals surface area contributed by atoms with E-state index in [1.165, 1.54) is 12.3 Å². The summed E-state index contributed by atoms with van der Waals surface area (Å²) in [7, 11) is 0. The highest BCUT2D eigenvalue weighted by atomic mass is 19.3. The smallest absolute Gasteiger partial charge is 0.351 e. The number of nitrogen functional groups attached to an aromatic ring is 1. The first-order chi connectivity index (χ1) is 12.3. The zero-order valence-electron chi connectivity index (χ0n) is 14.3. The van der Waals surface area contributed by atoms with Crippen molar-refractivity contribution in [2.24, 2.45) is 0 Å². The molecule has 0 bridgehead atoms. The maximum Gasteiger partial charge on any atom is 0.351 e. The quantitative estimate of drug-likeness (QED) is 0.835. The molecule has 2 aliphatic rings. The molecule has 26 heavy (non-hydrogen) atoms. The highest BCUT2D eigenvalue weighted by Crippen LogP contribution is 2.42. The van der Waals surface area contributed by atoms with Gasteiger partial charge in [-0.2, -0.15) is 4.98 Å². The van der Waals surface area contributed by atoms with Crippen LogP contribution in [0.2, 0.25) is 0 Å². The molecule has 0 amide bonds. The van der Waals surface area contributed by atoms with Crippen LogP contribution in [0.5, 0.6) is 0 Å². The lowest BCUT2D eigenvalue weighted by Crippen LogP contribution is -2.37. The number of nitrogens with two attached hydrogens (primary N) is 1. The van der Waals surface area contributed by atoms with Gasteiger partial charge in [0.2, 0.25) is 6.23 Å². The van der Waals surface area contributed by atoms with Crippen molar-refractivity contribution in [3.63, 3.8) is 0 Å². The van der Waals surface area contributed by atoms with Gasteiger partial charge in [-0.3, -0.25) is 9.47 Å². The number of nitrogens with one attached hydrogen (secondary N) is 1. The zero-order chi connectivity index (χ0) is 18.5. The van der Waals surface area contributed by atoms with E-state index in [0.717, 1.165) is 34.7 Å². The predicted molar refractivity (Wildman–Crippen MR) is 88.7 cm³/mol. The third kappa shape index (κ3) is 3.10. The number of ether oxygens (including phenoxy) is 1. The van der Waals surface area contributed by atoms with Gasteiger partial charge in [-0.1, -0.05) is 0 Å². The molecule has 0 spiro atoms. The van der Waals surface area contributed by atoms with Crippen molar-refractivity contribution in [3.8, 4) is 0 Å². The Balaban J connectivity index is 1.47. The molecular formula is C16H20F2N6O2. The second kappa shape index (κ2) is 6.13. The van der Waals surface area contributed by atoms with E-state index in [9.17, 15) is 13.6 Å². The van der Waals surface area contributed by atoms with E-state index in [0.29, 0.717) is 13.1 Å². The molecule has 1 unspecified atom stereocenters. The van der Waals surface area contributed by atoms with E-state index >= 15 is 0 Å². The lowest BCUT2D eigenvalue weighted by atomic mass is 10.1. The van der Waals surface area contributed by atoms with Gasteiger partial charge in [0.05, 0.1) is 11.8 Å². The van der Waals surface area contributed by atoms with Crippen LogP contribution in [0.25, 0.3) is 0 Å². The van der Waals surface area contributed by atoms with E-state index < -0.39 is 30.4 Å². The van der Waals surface area contributed by atoms with Crippen LogP contribution in [0.4, 0.5) is 14.6 Å². The molecule has 2 aromatic heterocycles. The van der Waals surface area contributed by atoms with Crippen LogP contribution in [0.3, 0.4) is 0 Å². The van der Waals surface area contributed by atoms with Crippen LogP contribution in [-0.4, -0.2) is 49.5 Å². The van der Waals surface area contributed by atoms with Crippen molar-refractivity contribution in [1.82, 2.24) is 24.4 Å². The topological polar surface area (TPSA) is 102 Å². The van der Waals surface area contributed by atoms with Crippen molar-refractivity contribution < 1.29 is 13.5 Å². The molecule has 4 heterocycles. The third-order valence-electron chi connectivity index (χ3n) is 4.78. The number of aromatic nitrogens is 4. The molecule has 1 saturated heterocycles. The molecule has 1 fully saturated rings. The van der Waals surface area contributed by atoms with Crippen LogP contribution in [0, 0.1) is 6.92 Å². The lowest BCUT2D eigenvalue weighted by Gasteiger charge is -2.28. The Bertz CT molecular complexity index is 880. The van der Waals surface area contributed by atoms with Gasteiger partial charge < -0.3 is 15.5 Å². The van der Waals surface area contributed by atoms with Gasteiger partial charge >= 0.3 is 5.69 Å². The number of rotatable bonds is 3. The number of aryl methyl sites for hydroxylation is 1. The highest BCUT2D eigenvalue weighted by molar-refractivity contribution is 5.23. The molecule has 2 aromatic rings. The monoisotopic (exact) mass is 366 g/mol. The summed E-state index contributed by atoms with van der Waals surface area (Å²) in [6.07, 6.45) is -0.797. The largest absolute Gasteiger partial charge is 0.383 e. The standard InChI is InChI=1S/C16H20F2N6O2/c1-9-20-11-2-4-23(8-12(11)21-9)7-10-6-16(17,18)14(26-10)24-5-3-13(19)22-15(24)25/h3,5,10,14H,2,4,6-8H2,1H3,(H,20,21)(H2,19,22,25)/t10?,14-/m1/s1. The van der Waals surface area contributed by atoms with Crippen molar-refractivity contribution in [1.29, 1.82) is 0 Å². The molecule has 0 aromatic carbocycles. The molecule has 4 rings (SSSR count). The Morgan fingerprint density at radius 3 is 3.04 bits per heavy atom. The molecule has 140 valence electrons. The van der Waals surface area contributed by atoms with Gasteiger partial charge in [0.15, 0.2) is 0 Å². The Morgan fingerprint density at radius 1 is 1.46 bits per heavy atom. The summed E-state index contributed by atoms with van der Waals surface area (Å²) in [4.78, 5) is 25.1. The minimum absolute atomic E-state index is 0.0115. The average molecular weight is 366 g/mol. The number of fused-ring (bicyclic) bond motifs is 1. The van der Waals surface area contributed by atoms with Crippen molar-refractivity contribution in [2.45, 2.75) is 44.6 Å². The fourth-order valence-corrected chi connectivity index (χ4v) is 3.65. The molecule has 10 heteroatoms. The maximum absolute atomic E-state index is 14.4. The highest BCUT2D eigenvalue weighted by Gasteiger charge is 2.52. The third-order valence-corrected chi connectivity index (χ3v) is 4.78. The van der Waals surface area contributed by atoms with Gasteiger partial charge in [-0.25, -0.2) is 18.6 Å². The van der Waals surface area contributed by atoms with E-state index in [4.69, 9.17) is 10.5 Å². The molecular weight excluding hydrogens is 346 g/mol. The van der Waals surface area contributed by atoms with Gasteiger partial charge in [-0.15, -0.1) is 0 Å². The van der Waals surface area contributed by atoms with Crippen LogP contribution >= 0.6 is 0 Å². The number of alkyl halides is 2. The first-order valence-electron chi connectivity index (χ1n) is 8.46. The molecule has 0 radical (unpaired) electrons. The van der Waals surface area contributed by atoms with Crippen molar-refractivity contribution in [3.05, 3.63) is 40.0 Å². The minimum atomic E-state index is -3.16. The van der Waals surface area contributed by atoms with Crippen LogP contribution < -0.4 is 11.4 Å². The summed E-state index contributed by atoms with van der Waals surface area (Å²) < 4.78 is 35.2. The molecule has 8 nitrogen and oxygen atoms in total. The van der Waals surface area contributed by atoms with E-state index in [1.54, 1.807) is 0 Å². The molecule has 3 N–H and O–H groups in total. The summed E-state index contributed by atoms with van der Waals surface area (Å²) in [5, 5.41) is 0. The van der Waals surface area contributed by atoms with Gasteiger partial charge in [0, 0.05) is 44.4 Å². The number of nitrogens with zero attached hydrogens (tertiary/aromatic N) is 4. The summed E-state index contributed by atoms with van der Waals surface area (Å²) >= 11 is 0. The van der Waals surface area contributed by atoms with Crippen molar-refractivity contribution in [2.75, 3.05) is 18.8 Å². The van der Waals surface area contributed by atoms with Crippen LogP contribution in [0.1, 0.15) is 29.9 Å².